The summed E-state index contributed by atoms with van der Waals surface area (Å²) >= 11 is 0. The lowest BCUT2D eigenvalue weighted by Gasteiger charge is -2.35. The number of carboxylic acids is 3. The summed E-state index contributed by atoms with van der Waals surface area (Å²) in [5, 5.41) is 60.6. The van der Waals surface area contributed by atoms with Gasteiger partial charge in [0, 0.05) is 104 Å². The second-order valence-electron chi connectivity index (χ2n) is 21.6. The molecular formula is C61H91N15O15. The first kappa shape index (κ1) is 74.7. The van der Waals surface area contributed by atoms with Crippen molar-refractivity contribution in [3.63, 3.8) is 0 Å². The minimum Gasteiger partial charge on any atom is -0.508 e. The van der Waals surface area contributed by atoms with E-state index in [1.54, 1.807) is 87.2 Å². The minimum atomic E-state index is -1.09. The molecule has 500 valence electrons. The minimum absolute atomic E-state index is 0.00759. The van der Waals surface area contributed by atoms with Gasteiger partial charge in [0.25, 0.3) is 0 Å². The van der Waals surface area contributed by atoms with Gasteiger partial charge in [-0.15, -0.1) is 0 Å². The van der Waals surface area contributed by atoms with Crippen LogP contribution in [0.3, 0.4) is 0 Å². The maximum Gasteiger partial charge on any atom is 0.321 e. The normalized spacial score (nSPS) is 15.2. The number of carboxylic acid groups (broad SMARTS) is 3. The molecule has 7 amide bonds. The lowest BCUT2D eigenvalue weighted by molar-refractivity contribution is -0.140. The number of nitrogens with one attached hydrogen (secondary N) is 8. The smallest absolute Gasteiger partial charge is 0.321 e. The Labute approximate surface area is 529 Å². The molecule has 3 aromatic carbocycles. The number of phenols is 1. The molecule has 0 aliphatic carbocycles. The van der Waals surface area contributed by atoms with Crippen LogP contribution < -0.4 is 58.7 Å². The van der Waals surface area contributed by atoms with Gasteiger partial charge >= 0.3 is 23.9 Å². The van der Waals surface area contributed by atoms with Crippen molar-refractivity contribution in [2.24, 2.45) is 16.5 Å². The van der Waals surface area contributed by atoms with E-state index in [1.807, 2.05) is 6.07 Å². The van der Waals surface area contributed by atoms with Crippen molar-refractivity contribution in [1.29, 1.82) is 0 Å². The number of nitrogens with zero attached hydrogens (tertiary/aromatic N) is 5. The SMILES string of the molecule is CCC(=O)NCCNC(=O)NC(N)=NCCC[C@@H](NC(=O)C(c1ccccc1)c1cccc(OCCCCNC(=O)[C@@H](CCCN)NC(=O)CCNC(C=O)N2CCN(CC(=O)O)CCN(CC(=O)O)CCN(CC(=O)O)CC2)c1)C(=O)NCc1ccc(O)cc1. The fourth-order valence-electron chi connectivity index (χ4n) is 9.66. The van der Waals surface area contributed by atoms with Crippen molar-refractivity contribution in [3.05, 3.63) is 95.6 Å². The number of aromatic hydroxyl groups is 1. The Morgan fingerprint density at radius 2 is 1.21 bits per heavy atom. The van der Waals surface area contributed by atoms with Gasteiger partial charge in [0.1, 0.15) is 29.7 Å². The number of amides is 7. The maximum atomic E-state index is 14.5. The van der Waals surface area contributed by atoms with E-state index in [-0.39, 0.29) is 168 Å². The molecule has 0 saturated carbocycles. The predicted octanol–water partition coefficient (Wildman–Crippen LogP) is -1.28. The van der Waals surface area contributed by atoms with Crippen LogP contribution in [-0.4, -0.2) is 242 Å². The van der Waals surface area contributed by atoms with Crippen LogP contribution >= 0.6 is 0 Å². The molecule has 30 nitrogen and oxygen atoms in total. The van der Waals surface area contributed by atoms with Gasteiger partial charge in [-0.3, -0.25) is 73.6 Å². The summed E-state index contributed by atoms with van der Waals surface area (Å²) in [6, 6.07) is 19.8. The Morgan fingerprint density at radius 3 is 1.81 bits per heavy atom. The Bertz CT molecular complexity index is 2790. The van der Waals surface area contributed by atoms with E-state index >= 15 is 0 Å². The van der Waals surface area contributed by atoms with Crippen LogP contribution in [0.15, 0.2) is 83.9 Å². The molecule has 1 heterocycles. The molecule has 0 spiro atoms. The molecule has 4 rings (SSSR count). The zero-order valence-corrected chi connectivity index (χ0v) is 51.7. The Kier molecular flexibility index (Phi) is 34.6. The molecule has 0 radical (unpaired) electrons. The lowest BCUT2D eigenvalue weighted by Crippen LogP contribution is -2.54. The molecular weight excluding hydrogens is 1180 g/mol. The Balaban J connectivity index is 1.33. The van der Waals surface area contributed by atoms with E-state index < -0.39 is 71.7 Å². The topological polar surface area (TPSA) is 434 Å². The average Bonchev–Trinajstić information content (AvgIpc) is 1.05. The van der Waals surface area contributed by atoms with E-state index in [1.165, 1.54) is 12.1 Å². The van der Waals surface area contributed by atoms with E-state index in [0.717, 1.165) is 0 Å². The quantitative estimate of drug-likeness (QED) is 0.0138. The number of aldehydes is 1. The van der Waals surface area contributed by atoms with Crippen LogP contribution in [0.2, 0.25) is 0 Å². The zero-order chi connectivity index (χ0) is 66.3. The van der Waals surface area contributed by atoms with Crippen LogP contribution in [-0.2, 0) is 49.7 Å². The average molecular weight is 1270 g/mol. The molecule has 1 aliphatic rings. The van der Waals surface area contributed by atoms with Crippen molar-refractivity contribution >= 4 is 65.7 Å². The number of phenolic OH excluding ortho intramolecular Hbond substituents is 1. The first-order valence-electron chi connectivity index (χ1n) is 30.5. The number of aliphatic imine (C=N–C) groups is 1. The number of benzene rings is 3. The molecule has 3 aromatic rings. The second kappa shape index (κ2) is 42.2. The highest BCUT2D eigenvalue weighted by Crippen LogP contribution is 2.28. The molecule has 1 aliphatic heterocycles. The molecule has 0 aromatic heterocycles. The second-order valence-corrected chi connectivity index (χ2v) is 21.6. The molecule has 16 N–H and O–H groups in total. The van der Waals surface area contributed by atoms with Crippen LogP contribution in [0.25, 0.3) is 0 Å². The number of carbonyl (C=O) groups is 10. The number of rotatable bonds is 38. The van der Waals surface area contributed by atoms with Crippen LogP contribution in [0.4, 0.5) is 4.79 Å². The van der Waals surface area contributed by atoms with Crippen LogP contribution in [0.5, 0.6) is 11.5 Å². The largest absolute Gasteiger partial charge is 0.508 e. The van der Waals surface area contributed by atoms with E-state index in [4.69, 9.17) is 16.2 Å². The van der Waals surface area contributed by atoms with Crippen molar-refractivity contribution in [1.82, 2.24) is 62.1 Å². The lowest BCUT2D eigenvalue weighted by atomic mass is 9.90. The number of hydrogen-bond acceptors (Lipinski definition) is 19. The summed E-state index contributed by atoms with van der Waals surface area (Å²) in [6.45, 7) is 3.62. The van der Waals surface area contributed by atoms with Gasteiger partial charge in [0.2, 0.25) is 29.5 Å². The highest BCUT2D eigenvalue weighted by molar-refractivity contribution is 5.95. The van der Waals surface area contributed by atoms with Gasteiger partial charge in [-0.05, 0) is 86.0 Å². The summed E-state index contributed by atoms with van der Waals surface area (Å²) in [5.74, 6) is -5.78. The first-order chi connectivity index (χ1) is 43.8. The van der Waals surface area contributed by atoms with Crippen molar-refractivity contribution < 1.29 is 73.1 Å². The number of guanidine groups is 1. The van der Waals surface area contributed by atoms with Crippen LogP contribution in [0.1, 0.15) is 80.9 Å². The highest BCUT2D eigenvalue weighted by atomic mass is 16.5. The van der Waals surface area contributed by atoms with Gasteiger partial charge in [-0.2, -0.15) is 0 Å². The molecule has 4 atom stereocenters. The standard InChI is InChI=1S/C61H91N15O15/c1-2-51(79)65-26-27-68-61(90)72-60(63)67-24-10-16-49(58(88)69-38-43-17-19-46(78)20-18-43)71-59(89)56(44-11-4-3-5-12-44)45-13-8-14-47(37-45)91-36-7-6-23-66-57(87)48(15-9-22-62)70-52(80)21-25-64-50(42-77)76-34-32-74(40-54(83)84)30-28-73(39-53(81)82)29-31-75(33-35-76)41-55(85)86/h3-5,8,11-14,17-20,37,42,48-50,56,64,78H,2,6-7,9-10,15-16,21-36,38-41,62H2,1H3,(H,65,79)(H,66,87)(H,69,88)(H,70,80)(H,71,89)(H,81,82)(H,83,84)(H,85,86)(H4,63,67,68,72,90)/t48-,49-,50?,56?/m1/s1. The number of aliphatic carboxylic acids is 3. The van der Waals surface area contributed by atoms with Gasteiger partial charge in [0.05, 0.1) is 32.2 Å². The number of carbonyl (C=O) groups excluding carboxylic acids is 7. The van der Waals surface area contributed by atoms with E-state index in [9.17, 15) is 68.4 Å². The summed E-state index contributed by atoms with van der Waals surface area (Å²) in [6.07, 6.45) is 1.98. The summed E-state index contributed by atoms with van der Waals surface area (Å²) in [7, 11) is 0. The fourth-order valence-corrected chi connectivity index (χ4v) is 9.66. The summed E-state index contributed by atoms with van der Waals surface area (Å²) in [4.78, 5) is 137. The zero-order valence-electron chi connectivity index (χ0n) is 51.7. The molecule has 1 saturated heterocycles. The summed E-state index contributed by atoms with van der Waals surface area (Å²) in [5.41, 5.74) is 13.7. The molecule has 2 unspecified atom stereocenters. The molecule has 1 fully saturated rings. The maximum absolute atomic E-state index is 14.5. The third-order valence-electron chi connectivity index (χ3n) is 14.5. The van der Waals surface area contributed by atoms with Crippen molar-refractivity contribution in [3.8, 4) is 11.5 Å². The van der Waals surface area contributed by atoms with E-state index in [2.05, 4.69) is 47.5 Å². The third-order valence-corrected chi connectivity index (χ3v) is 14.5. The van der Waals surface area contributed by atoms with Gasteiger partial charge in [0.15, 0.2) is 12.2 Å². The molecule has 91 heavy (non-hydrogen) atoms. The number of nitrogens with two attached hydrogens (primary N) is 2. The number of ether oxygens (including phenoxy) is 1. The fraction of sp³-hybridized carbons (Fsp3) is 0.525. The molecule has 30 heteroatoms. The number of hydrogen-bond donors (Lipinski definition) is 14. The van der Waals surface area contributed by atoms with Gasteiger partial charge in [-0.25, -0.2) is 4.79 Å². The highest BCUT2D eigenvalue weighted by Gasteiger charge is 2.29. The first-order valence-corrected chi connectivity index (χ1v) is 30.5. The Morgan fingerprint density at radius 1 is 0.626 bits per heavy atom. The van der Waals surface area contributed by atoms with Gasteiger partial charge in [-0.1, -0.05) is 61.5 Å². The van der Waals surface area contributed by atoms with Gasteiger partial charge < -0.3 is 73.3 Å². The van der Waals surface area contributed by atoms with Crippen LogP contribution in [0, 0.1) is 0 Å². The molecule has 0 bridgehead atoms. The number of unbranched alkanes of at least 4 members (excludes halogenated alkanes) is 1. The predicted molar refractivity (Wildman–Crippen MR) is 336 cm³/mol. The summed E-state index contributed by atoms with van der Waals surface area (Å²) < 4.78 is 6.14. The van der Waals surface area contributed by atoms with Crippen molar-refractivity contribution in [2.75, 3.05) is 118 Å². The Hall–Kier alpha value is -8.81. The monoisotopic (exact) mass is 1270 g/mol. The van der Waals surface area contributed by atoms with E-state index in [0.29, 0.717) is 54.4 Å². The van der Waals surface area contributed by atoms with Crippen molar-refractivity contribution in [2.45, 2.75) is 89.0 Å². The third kappa shape index (κ3) is 30.5. The number of urea groups is 1.